The summed E-state index contributed by atoms with van der Waals surface area (Å²) in [7, 11) is -6.79. The number of halogens is 2. The normalized spacial score (nSPS) is 19.1. The molecule has 1 aliphatic rings. The van der Waals surface area contributed by atoms with Gasteiger partial charge in [-0.05, 0) is 30.8 Å². The fourth-order valence-electron chi connectivity index (χ4n) is 3.75. The molecule has 2 N–H and O–H groups in total. The van der Waals surface area contributed by atoms with Gasteiger partial charge in [-0.15, -0.1) is 0 Å². The highest BCUT2D eigenvalue weighted by molar-refractivity contribution is 8.03. The molecule has 1 aliphatic heterocycles. The zero-order chi connectivity index (χ0) is 22.4. The van der Waals surface area contributed by atoms with E-state index in [-0.39, 0.29) is 11.4 Å². The maximum Gasteiger partial charge on any atom is 0.293 e. The highest BCUT2D eigenvalue weighted by atomic mass is 35.5. The van der Waals surface area contributed by atoms with Crippen molar-refractivity contribution in [3.8, 4) is 0 Å². The van der Waals surface area contributed by atoms with E-state index in [1.165, 1.54) is 28.6 Å². The van der Waals surface area contributed by atoms with E-state index in [0.29, 0.717) is 39.6 Å². The smallest absolute Gasteiger partial charge is 0.293 e. The Bertz CT molecular complexity index is 1330. The monoisotopic (exact) mass is 502 g/mol. The molecule has 8 nitrogen and oxygen atoms in total. The molecule has 0 bridgehead atoms. The number of sulfonamides is 1. The van der Waals surface area contributed by atoms with Gasteiger partial charge in [-0.25, -0.2) is 8.42 Å². The molecule has 4 rings (SSSR count). The quantitative estimate of drug-likeness (QED) is 0.558. The molecule has 1 unspecified atom stereocenters. The summed E-state index contributed by atoms with van der Waals surface area (Å²) in [5.41, 5.74) is 1.27. The van der Waals surface area contributed by atoms with Crippen LogP contribution in [0.1, 0.15) is 11.6 Å². The van der Waals surface area contributed by atoms with Crippen LogP contribution in [0.3, 0.4) is 0 Å². The Balaban J connectivity index is 1.76. The summed E-state index contributed by atoms with van der Waals surface area (Å²) in [5.74, 6) is 0. The van der Waals surface area contributed by atoms with Crippen LogP contribution in [0.25, 0.3) is 10.9 Å². The average molecular weight is 503 g/mol. The van der Waals surface area contributed by atoms with Crippen molar-refractivity contribution in [1.29, 1.82) is 0 Å². The van der Waals surface area contributed by atoms with Crippen molar-refractivity contribution in [3.05, 3.63) is 64.3 Å². The van der Waals surface area contributed by atoms with E-state index in [2.05, 4.69) is 4.98 Å². The molecule has 31 heavy (non-hydrogen) atoms. The van der Waals surface area contributed by atoms with Gasteiger partial charge in [0.2, 0.25) is 0 Å². The summed E-state index contributed by atoms with van der Waals surface area (Å²) in [4.78, 5) is 4.91. The minimum absolute atomic E-state index is 0.110. The van der Waals surface area contributed by atoms with Gasteiger partial charge in [-0.1, -0.05) is 51.6 Å². The lowest BCUT2D eigenvalue weighted by atomic mass is 10.0. The van der Waals surface area contributed by atoms with Crippen LogP contribution >= 0.6 is 23.2 Å². The van der Waals surface area contributed by atoms with E-state index < -0.39 is 26.3 Å². The van der Waals surface area contributed by atoms with Crippen molar-refractivity contribution in [2.24, 2.45) is 0 Å². The SMILES string of the molecule is CN1CCN(S(=O)(=O)NS(=O)(=O)c2ccccc2)C(c2ccc(Cl)c3c(Cl)c[nH]c23)C1. The lowest BCUT2D eigenvalue weighted by Crippen LogP contribution is -2.53. The first kappa shape index (κ1) is 22.5. The topological polar surface area (TPSA) is 103 Å². The first-order valence-corrected chi connectivity index (χ1v) is 13.0. The predicted molar refractivity (Wildman–Crippen MR) is 121 cm³/mol. The van der Waals surface area contributed by atoms with E-state index in [9.17, 15) is 16.8 Å². The van der Waals surface area contributed by atoms with Crippen LogP contribution in [-0.2, 0) is 20.2 Å². The second kappa shape index (κ2) is 8.36. The van der Waals surface area contributed by atoms with Gasteiger partial charge in [-0.3, -0.25) is 0 Å². The van der Waals surface area contributed by atoms with Crippen LogP contribution in [0.15, 0.2) is 53.6 Å². The number of rotatable bonds is 5. The molecular weight excluding hydrogens is 483 g/mol. The number of piperazine rings is 1. The summed E-state index contributed by atoms with van der Waals surface area (Å²) in [6, 6.07) is 10.1. The highest BCUT2D eigenvalue weighted by Gasteiger charge is 2.38. The molecule has 1 saturated heterocycles. The molecular formula is C19H20Cl2N4O4S2. The van der Waals surface area contributed by atoms with E-state index >= 15 is 0 Å². The van der Waals surface area contributed by atoms with Crippen molar-refractivity contribution < 1.29 is 16.8 Å². The minimum atomic E-state index is -4.39. The van der Waals surface area contributed by atoms with Crippen LogP contribution in [0, 0.1) is 0 Å². The van der Waals surface area contributed by atoms with E-state index in [1.54, 1.807) is 24.4 Å². The van der Waals surface area contributed by atoms with E-state index in [0.717, 1.165) is 0 Å². The van der Waals surface area contributed by atoms with Crippen molar-refractivity contribution in [2.75, 3.05) is 26.7 Å². The lowest BCUT2D eigenvalue weighted by molar-refractivity contribution is 0.161. The number of nitrogens with one attached hydrogen (secondary N) is 2. The molecule has 0 amide bonds. The maximum absolute atomic E-state index is 13.2. The van der Waals surface area contributed by atoms with Gasteiger partial charge in [0, 0.05) is 31.2 Å². The standard InChI is InChI=1S/C19H20Cl2N4O4S2/c1-24-9-10-25(31(28,29)23-30(26,27)13-5-3-2-4-6-13)17(12-24)14-7-8-15(20)18-16(21)11-22-19(14)18/h2-8,11,17,22-23H,9-10,12H2,1H3. The number of fused-ring (bicyclic) bond motifs is 1. The van der Waals surface area contributed by atoms with Crippen molar-refractivity contribution >= 4 is 54.3 Å². The summed E-state index contributed by atoms with van der Waals surface area (Å²) in [6.07, 6.45) is 1.59. The zero-order valence-electron chi connectivity index (χ0n) is 16.4. The van der Waals surface area contributed by atoms with Gasteiger partial charge in [-0.2, -0.15) is 12.7 Å². The summed E-state index contributed by atoms with van der Waals surface area (Å²) in [6.45, 7) is 0.921. The van der Waals surface area contributed by atoms with Gasteiger partial charge in [0.25, 0.3) is 20.2 Å². The molecule has 2 heterocycles. The fourth-order valence-corrected chi connectivity index (χ4v) is 7.53. The van der Waals surface area contributed by atoms with Gasteiger partial charge in [0.1, 0.15) is 0 Å². The Morgan fingerprint density at radius 1 is 1.00 bits per heavy atom. The maximum atomic E-state index is 13.2. The first-order chi connectivity index (χ1) is 14.6. The largest absolute Gasteiger partial charge is 0.359 e. The third-order valence-corrected chi connectivity index (χ3v) is 9.52. The van der Waals surface area contributed by atoms with Gasteiger partial charge in [0.05, 0.1) is 26.5 Å². The Morgan fingerprint density at radius 2 is 1.71 bits per heavy atom. The van der Waals surface area contributed by atoms with E-state index in [1.807, 2.05) is 16.1 Å². The van der Waals surface area contributed by atoms with Crippen LogP contribution in [-0.4, -0.2) is 57.7 Å². The second-order valence-corrected chi connectivity index (χ2v) is 11.7. The molecule has 1 fully saturated rings. The molecule has 12 heteroatoms. The molecule has 0 aliphatic carbocycles. The van der Waals surface area contributed by atoms with Crippen LogP contribution in [0.5, 0.6) is 0 Å². The molecule has 2 aromatic carbocycles. The molecule has 1 atom stereocenters. The Kier molecular flexibility index (Phi) is 6.08. The molecule has 0 spiro atoms. The average Bonchev–Trinajstić information content (AvgIpc) is 3.10. The number of aromatic nitrogens is 1. The van der Waals surface area contributed by atoms with Gasteiger partial charge >= 0.3 is 0 Å². The zero-order valence-corrected chi connectivity index (χ0v) is 19.6. The number of hydrogen-bond donors (Lipinski definition) is 2. The molecule has 1 aromatic heterocycles. The Morgan fingerprint density at radius 3 is 2.42 bits per heavy atom. The number of benzene rings is 2. The van der Waals surface area contributed by atoms with E-state index in [4.69, 9.17) is 23.2 Å². The lowest BCUT2D eigenvalue weighted by Gasteiger charge is -2.39. The van der Waals surface area contributed by atoms with Gasteiger partial charge in [0.15, 0.2) is 0 Å². The van der Waals surface area contributed by atoms with Crippen molar-refractivity contribution in [2.45, 2.75) is 10.9 Å². The molecule has 3 aromatic rings. The van der Waals surface area contributed by atoms with Crippen LogP contribution in [0.4, 0.5) is 0 Å². The summed E-state index contributed by atoms with van der Waals surface area (Å²) >= 11 is 12.5. The van der Waals surface area contributed by atoms with Crippen LogP contribution in [0.2, 0.25) is 10.0 Å². The number of likely N-dealkylation sites (N-methyl/N-ethyl adjacent to an activating group) is 1. The number of hydrogen-bond acceptors (Lipinski definition) is 5. The summed E-state index contributed by atoms with van der Waals surface area (Å²) < 4.78 is 54.9. The first-order valence-electron chi connectivity index (χ1n) is 9.34. The molecule has 0 radical (unpaired) electrons. The van der Waals surface area contributed by atoms with Gasteiger partial charge < -0.3 is 9.88 Å². The molecule has 0 saturated carbocycles. The Labute approximate surface area is 191 Å². The third-order valence-electron chi connectivity index (χ3n) is 5.24. The fraction of sp³-hybridized carbons (Fsp3) is 0.263. The third kappa shape index (κ3) is 4.34. The number of aromatic amines is 1. The highest BCUT2D eigenvalue weighted by Crippen LogP contribution is 2.38. The Hall–Kier alpha value is -1.66. The minimum Gasteiger partial charge on any atom is -0.359 e. The van der Waals surface area contributed by atoms with Crippen LogP contribution < -0.4 is 4.13 Å². The molecule has 166 valence electrons. The van der Waals surface area contributed by atoms with Crippen molar-refractivity contribution in [1.82, 2.24) is 18.3 Å². The predicted octanol–water partition coefficient (Wildman–Crippen LogP) is 2.99. The number of H-pyrrole nitrogens is 1. The van der Waals surface area contributed by atoms with Crippen molar-refractivity contribution in [3.63, 3.8) is 0 Å². The summed E-state index contributed by atoms with van der Waals surface area (Å²) in [5, 5.41) is 1.45. The second-order valence-electron chi connectivity index (χ2n) is 7.32. The number of nitrogens with zero attached hydrogens (tertiary/aromatic N) is 2.